The number of hydrogen-bond acceptors (Lipinski definition) is 3. The highest BCUT2D eigenvalue weighted by Crippen LogP contribution is 2.14. The zero-order chi connectivity index (χ0) is 14.2. The van der Waals surface area contributed by atoms with Crippen LogP contribution < -0.4 is 0 Å². The molecule has 1 rings (SSSR count). The minimum Gasteiger partial charge on any atom is -0.382 e. The molecule has 0 bridgehead atoms. The van der Waals surface area contributed by atoms with E-state index >= 15 is 0 Å². The van der Waals surface area contributed by atoms with E-state index in [9.17, 15) is 0 Å². The second-order valence-corrected chi connectivity index (χ2v) is 4.55. The zero-order valence-electron chi connectivity index (χ0n) is 13.5. The van der Waals surface area contributed by atoms with Gasteiger partial charge in [-0.15, -0.1) is 0 Å². The molecular formula is C15H35NO2. The van der Waals surface area contributed by atoms with Crippen molar-refractivity contribution >= 4 is 0 Å². The van der Waals surface area contributed by atoms with E-state index in [1.54, 1.807) is 7.11 Å². The molecule has 0 saturated carbocycles. The van der Waals surface area contributed by atoms with Crippen molar-refractivity contribution in [1.82, 2.24) is 4.90 Å². The number of likely N-dealkylation sites (tertiary alicyclic amines) is 1. The molecule has 0 spiro atoms. The minimum atomic E-state index is 0.711. The second-order valence-electron chi connectivity index (χ2n) is 4.55. The molecule has 3 nitrogen and oxygen atoms in total. The Kier molecular flexibility index (Phi) is 18.9. The van der Waals surface area contributed by atoms with E-state index in [0.717, 1.165) is 19.1 Å². The Labute approximate surface area is 115 Å². The molecule has 3 heteroatoms. The number of piperidine rings is 1. The molecule has 1 atom stereocenters. The van der Waals surface area contributed by atoms with Gasteiger partial charge in [0.15, 0.2) is 0 Å². The molecule has 18 heavy (non-hydrogen) atoms. The summed E-state index contributed by atoms with van der Waals surface area (Å²) in [5.74, 6) is 0.732. The maximum absolute atomic E-state index is 5.51. The predicted molar refractivity (Wildman–Crippen MR) is 80.2 cm³/mol. The van der Waals surface area contributed by atoms with Gasteiger partial charge in [0, 0.05) is 13.7 Å². The summed E-state index contributed by atoms with van der Waals surface area (Å²) in [6, 6.07) is 0. The zero-order valence-corrected chi connectivity index (χ0v) is 13.5. The van der Waals surface area contributed by atoms with E-state index in [0.29, 0.717) is 6.61 Å². The van der Waals surface area contributed by atoms with Gasteiger partial charge in [-0.3, -0.25) is 0 Å². The van der Waals surface area contributed by atoms with Crippen LogP contribution in [0.15, 0.2) is 0 Å². The summed E-state index contributed by atoms with van der Waals surface area (Å²) in [6.07, 6.45) is 3.88. The summed E-state index contributed by atoms with van der Waals surface area (Å²) in [4.78, 5) is 2.38. The largest absolute Gasteiger partial charge is 0.382 e. The number of methoxy groups -OCH3 is 1. The van der Waals surface area contributed by atoms with Crippen LogP contribution in [0.1, 0.15) is 47.0 Å². The maximum Gasteiger partial charge on any atom is 0.0700 e. The quantitative estimate of drug-likeness (QED) is 0.708. The molecule has 0 N–H and O–H groups in total. The first-order valence-electron chi connectivity index (χ1n) is 7.49. The molecule has 0 aliphatic carbocycles. The van der Waals surface area contributed by atoms with Gasteiger partial charge in [-0.1, -0.05) is 34.1 Å². The third-order valence-corrected chi connectivity index (χ3v) is 2.51. The van der Waals surface area contributed by atoms with Crippen molar-refractivity contribution in [2.24, 2.45) is 5.92 Å². The van der Waals surface area contributed by atoms with Crippen LogP contribution in [0.5, 0.6) is 0 Å². The Bertz CT molecular complexity index is 142. The van der Waals surface area contributed by atoms with Crippen LogP contribution in [-0.2, 0) is 9.47 Å². The Morgan fingerprint density at radius 2 is 1.78 bits per heavy atom. The predicted octanol–water partition coefficient (Wildman–Crippen LogP) is 3.43. The molecule has 0 aromatic heterocycles. The average Bonchev–Trinajstić information content (AvgIpc) is 2.38. The molecule has 1 fully saturated rings. The number of hydrogen-bond donors (Lipinski definition) is 0. The molecule has 0 aromatic carbocycles. The second kappa shape index (κ2) is 16.9. The maximum atomic E-state index is 5.51. The van der Waals surface area contributed by atoms with Gasteiger partial charge in [0.1, 0.15) is 0 Å². The first kappa shape index (κ1) is 20.2. The van der Waals surface area contributed by atoms with E-state index in [-0.39, 0.29) is 0 Å². The van der Waals surface area contributed by atoms with E-state index in [1.165, 1.54) is 32.4 Å². The molecule has 1 saturated heterocycles. The van der Waals surface area contributed by atoms with E-state index in [2.05, 4.69) is 25.8 Å². The van der Waals surface area contributed by atoms with Crippen molar-refractivity contribution < 1.29 is 9.47 Å². The van der Waals surface area contributed by atoms with E-state index in [1.807, 2.05) is 13.8 Å². The number of nitrogens with zero attached hydrogens (tertiary/aromatic N) is 1. The van der Waals surface area contributed by atoms with Crippen molar-refractivity contribution in [3.8, 4) is 0 Å². The summed E-state index contributed by atoms with van der Waals surface area (Å²) >= 11 is 0. The number of rotatable bonds is 5. The summed E-state index contributed by atoms with van der Waals surface area (Å²) < 4.78 is 10.4. The van der Waals surface area contributed by atoms with Gasteiger partial charge in [0.05, 0.1) is 19.8 Å². The van der Waals surface area contributed by atoms with Crippen molar-refractivity contribution in [1.29, 1.82) is 0 Å². The molecule has 0 aromatic rings. The fourth-order valence-corrected chi connectivity index (χ4v) is 1.80. The van der Waals surface area contributed by atoms with E-state index < -0.39 is 0 Å². The normalized spacial score (nSPS) is 19.3. The Balaban J connectivity index is 0. The van der Waals surface area contributed by atoms with Gasteiger partial charge >= 0.3 is 0 Å². The molecule has 1 unspecified atom stereocenters. The monoisotopic (exact) mass is 261 g/mol. The van der Waals surface area contributed by atoms with Crippen molar-refractivity contribution in [3.63, 3.8) is 0 Å². The lowest BCUT2D eigenvalue weighted by Crippen LogP contribution is -2.34. The lowest BCUT2D eigenvalue weighted by molar-refractivity contribution is 0.0347. The van der Waals surface area contributed by atoms with Gasteiger partial charge < -0.3 is 14.4 Å². The Morgan fingerprint density at radius 1 is 1.17 bits per heavy atom. The standard InChI is InChI=1S/C10H21NO2.C3H8.C2H6/c1-11-5-3-4-10(8-11)9-13-7-6-12-2;1-3-2;1-2/h10H,3-9H2,1-2H3;3H2,1-2H3;1-2H3. The average molecular weight is 261 g/mol. The highest BCUT2D eigenvalue weighted by Gasteiger charge is 2.16. The van der Waals surface area contributed by atoms with Crippen LogP contribution in [0.25, 0.3) is 0 Å². The smallest absolute Gasteiger partial charge is 0.0700 e. The summed E-state index contributed by atoms with van der Waals surface area (Å²) in [5, 5.41) is 0. The molecule has 1 aliphatic rings. The van der Waals surface area contributed by atoms with Crippen molar-refractivity contribution in [3.05, 3.63) is 0 Å². The summed E-state index contributed by atoms with van der Waals surface area (Å²) in [6.45, 7) is 13.0. The highest BCUT2D eigenvalue weighted by molar-refractivity contribution is 4.69. The highest BCUT2D eigenvalue weighted by atomic mass is 16.5. The van der Waals surface area contributed by atoms with E-state index in [4.69, 9.17) is 9.47 Å². The van der Waals surface area contributed by atoms with Crippen LogP contribution >= 0.6 is 0 Å². The molecule has 0 amide bonds. The SMILES string of the molecule is CC.CCC.COCCOCC1CCCN(C)C1. The minimum absolute atomic E-state index is 0.711. The van der Waals surface area contributed by atoms with Gasteiger partial charge in [0.2, 0.25) is 0 Å². The van der Waals surface area contributed by atoms with Gasteiger partial charge in [-0.05, 0) is 32.4 Å². The lowest BCUT2D eigenvalue weighted by Gasteiger charge is -2.29. The van der Waals surface area contributed by atoms with Gasteiger partial charge in [-0.2, -0.15) is 0 Å². The third-order valence-electron chi connectivity index (χ3n) is 2.51. The van der Waals surface area contributed by atoms with Crippen LogP contribution in [0.4, 0.5) is 0 Å². The van der Waals surface area contributed by atoms with Crippen LogP contribution in [0, 0.1) is 5.92 Å². The first-order chi connectivity index (χ1) is 8.74. The topological polar surface area (TPSA) is 21.7 Å². The van der Waals surface area contributed by atoms with Gasteiger partial charge in [-0.25, -0.2) is 0 Å². The molecular weight excluding hydrogens is 226 g/mol. The third kappa shape index (κ3) is 13.9. The van der Waals surface area contributed by atoms with Gasteiger partial charge in [0.25, 0.3) is 0 Å². The van der Waals surface area contributed by atoms with Crippen LogP contribution in [0.2, 0.25) is 0 Å². The summed E-state index contributed by atoms with van der Waals surface area (Å²) in [7, 11) is 3.89. The molecule has 1 heterocycles. The lowest BCUT2D eigenvalue weighted by atomic mass is 10.00. The fraction of sp³-hybridized carbons (Fsp3) is 1.00. The van der Waals surface area contributed by atoms with Crippen LogP contribution in [-0.4, -0.2) is 52.0 Å². The van der Waals surface area contributed by atoms with Crippen molar-refractivity contribution in [2.75, 3.05) is 47.1 Å². The Morgan fingerprint density at radius 3 is 2.28 bits per heavy atom. The fourth-order valence-electron chi connectivity index (χ4n) is 1.80. The molecule has 0 radical (unpaired) electrons. The molecule has 112 valence electrons. The van der Waals surface area contributed by atoms with Crippen LogP contribution in [0.3, 0.4) is 0 Å². The Hall–Kier alpha value is -0.120. The first-order valence-corrected chi connectivity index (χ1v) is 7.49. The van der Waals surface area contributed by atoms with Crippen molar-refractivity contribution in [2.45, 2.75) is 47.0 Å². The summed E-state index contributed by atoms with van der Waals surface area (Å²) in [5.41, 5.74) is 0. The number of ether oxygens (including phenoxy) is 2. The molecule has 1 aliphatic heterocycles.